The molecule has 0 spiro atoms. The second-order valence-corrected chi connectivity index (χ2v) is 19.9. The van der Waals surface area contributed by atoms with Gasteiger partial charge in [0.15, 0.2) is 0 Å². The molecule has 356 valence electrons. The Morgan fingerprint density at radius 2 is 0.524 bits per heavy atom. The van der Waals surface area contributed by atoms with Gasteiger partial charge >= 0.3 is 0 Å². The summed E-state index contributed by atoms with van der Waals surface area (Å²) in [5, 5.41) is 0. The normalized spacial score (nSPS) is 13.1. The molecule has 2 nitrogen and oxygen atoms in total. The summed E-state index contributed by atoms with van der Waals surface area (Å²) in [6, 6.07) is 10.2. The highest BCUT2D eigenvalue weighted by Crippen LogP contribution is 2.46. The van der Waals surface area contributed by atoms with Crippen molar-refractivity contribution >= 4 is 11.4 Å². The van der Waals surface area contributed by atoms with Crippen LogP contribution >= 0.6 is 0 Å². The molecule has 0 saturated carbocycles. The van der Waals surface area contributed by atoms with Crippen LogP contribution in [0.15, 0.2) is 35.4 Å². The summed E-state index contributed by atoms with van der Waals surface area (Å²) >= 11 is 0. The molecule has 0 N–H and O–H groups in total. The minimum Gasteiger partial charge on any atom is -0.493 e. The van der Waals surface area contributed by atoms with Crippen LogP contribution in [0.25, 0.3) is 16.9 Å². The molecule has 2 aromatic carbocycles. The van der Waals surface area contributed by atoms with Gasteiger partial charge in [-0.25, -0.2) is 4.70 Å². The summed E-state index contributed by atoms with van der Waals surface area (Å²) in [6.45, 7) is 18.7. The molecular weight excluding hydrogens is 761 g/mol. The molecule has 1 aliphatic rings. The number of allylic oxidation sites excluding steroid dienone is 2. The number of unbranched alkanes of at least 4 members (excludes halogenated alkanes) is 21. The molecule has 2 aromatic rings. The van der Waals surface area contributed by atoms with Crippen molar-refractivity contribution < 1.29 is 4.70 Å². The average Bonchev–Trinajstić information content (AvgIpc) is 3.57. The van der Waals surface area contributed by atoms with E-state index < -0.39 is 0 Å². The van der Waals surface area contributed by atoms with Gasteiger partial charge in [0.05, 0.1) is 0 Å². The van der Waals surface area contributed by atoms with Crippen molar-refractivity contribution in [2.24, 2.45) is 0 Å². The Morgan fingerprint density at radius 3 is 0.794 bits per heavy atom. The van der Waals surface area contributed by atoms with Crippen molar-refractivity contribution in [3.63, 3.8) is 0 Å². The molecule has 0 unspecified atom stereocenters. The molecule has 1 aliphatic heterocycles. The minimum atomic E-state index is 1.06. The van der Waals surface area contributed by atoms with Crippen LogP contribution in [-0.4, -0.2) is 4.70 Å². The first-order chi connectivity index (χ1) is 30.9. The van der Waals surface area contributed by atoms with E-state index in [9.17, 15) is 5.53 Å². The fraction of sp³-hybridized carbons (Fsp3) is 0.738. The van der Waals surface area contributed by atoms with Crippen molar-refractivity contribution in [2.75, 3.05) is 0 Å². The Morgan fingerprint density at radius 1 is 0.286 bits per heavy atom. The molecule has 0 amide bonds. The quantitative estimate of drug-likeness (QED) is 0.0473. The monoisotopic (exact) mass is 863 g/mol. The Kier molecular flexibility index (Phi) is 29.5. The molecule has 0 atom stereocenters. The highest BCUT2D eigenvalue weighted by Gasteiger charge is 2.36. The molecular formula is C61H102N2. The lowest BCUT2D eigenvalue weighted by Gasteiger charge is -2.20. The fourth-order valence-electron chi connectivity index (χ4n) is 10.4. The number of hydrogen-bond acceptors (Lipinski definition) is 0. The summed E-state index contributed by atoms with van der Waals surface area (Å²) in [5.74, 6) is 0. The molecule has 0 fully saturated rings. The van der Waals surface area contributed by atoms with Gasteiger partial charge in [0.25, 0.3) is 0 Å². The van der Waals surface area contributed by atoms with E-state index >= 15 is 0 Å². The van der Waals surface area contributed by atoms with E-state index in [1.54, 1.807) is 38.1 Å². The van der Waals surface area contributed by atoms with Crippen LogP contribution in [0.2, 0.25) is 0 Å². The topological polar surface area (TPSA) is 25.3 Å². The van der Waals surface area contributed by atoms with Gasteiger partial charge < -0.3 is 5.53 Å². The van der Waals surface area contributed by atoms with Crippen LogP contribution in [-0.2, 0) is 38.5 Å². The predicted octanol–water partition coefficient (Wildman–Crippen LogP) is 20.4. The number of hydrogen-bond donors (Lipinski definition) is 0. The summed E-state index contributed by atoms with van der Waals surface area (Å²) in [5.41, 5.74) is 30.3. The first-order valence-electron chi connectivity index (χ1n) is 28.2. The number of benzene rings is 2. The molecule has 0 aliphatic carbocycles. The molecule has 0 aromatic heterocycles. The lowest BCUT2D eigenvalue weighted by molar-refractivity contribution is -0.345. The Hall–Kier alpha value is -2.48. The number of nitrogens with zero attached hydrogens (tertiary/aromatic N) is 2. The highest BCUT2D eigenvalue weighted by molar-refractivity contribution is 5.83. The van der Waals surface area contributed by atoms with Gasteiger partial charge in [-0.3, -0.25) is 0 Å². The van der Waals surface area contributed by atoms with Crippen LogP contribution < -0.4 is 0 Å². The third-order valence-electron chi connectivity index (χ3n) is 14.3. The van der Waals surface area contributed by atoms with Gasteiger partial charge in [-0.05, 0) is 160 Å². The van der Waals surface area contributed by atoms with E-state index in [-0.39, 0.29) is 0 Å². The summed E-state index contributed by atoms with van der Waals surface area (Å²) < 4.78 is 1.77. The number of aryl methyl sites for hydroxylation is 4. The lowest BCUT2D eigenvalue weighted by atomic mass is 9.86. The minimum absolute atomic E-state index is 1.06. The van der Waals surface area contributed by atoms with Gasteiger partial charge in [-0.15, -0.1) is 0 Å². The van der Waals surface area contributed by atoms with Gasteiger partial charge in [0, 0.05) is 22.3 Å². The van der Waals surface area contributed by atoms with E-state index in [1.807, 2.05) is 0 Å². The van der Waals surface area contributed by atoms with E-state index in [4.69, 9.17) is 0 Å². The van der Waals surface area contributed by atoms with Crippen LogP contribution in [0, 0.1) is 0 Å². The van der Waals surface area contributed by atoms with Gasteiger partial charge in [-0.2, -0.15) is 0 Å². The Bertz CT molecular complexity index is 1560. The van der Waals surface area contributed by atoms with E-state index in [0.29, 0.717) is 0 Å². The van der Waals surface area contributed by atoms with Gasteiger partial charge in [0.1, 0.15) is 0 Å². The van der Waals surface area contributed by atoms with Crippen molar-refractivity contribution in [3.8, 4) is 0 Å². The molecule has 0 saturated heterocycles. The summed E-state index contributed by atoms with van der Waals surface area (Å²) in [6.07, 6.45) is 46.4. The van der Waals surface area contributed by atoms with Crippen LogP contribution in [0.1, 0.15) is 299 Å². The molecule has 2 heteroatoms. The fourth-order valence-corrected chi connectivity index (χ4v) is 10.4. The second kappa shape index (κ2) is 33.9. The van der Waals surface area contributed by atoms with Gasteiger partial charge in [-0.1, -0.05) is 190 Å². The zero-order chi connectivity index (χ0) is 45.5. The smallest absolute Gasteiger partial charge is 0.211 e. The Labute approximate surface area is 392 Å². The molecule has 3 rings (SSSR count). The van der Waals surface area contributed by atoms with Crippen LogP contribution in [0.4, 0.5) is 0 Å². The lowest BCUT2D eigenvalue weighted by Crippen LogP contribution is -2.09. The summed E-state index contributed by atoms with van der Waals surface area (Å²) in [4.78, 5) is 0. The van der Waals surface area contributed by atoms with E-state index in [2.05, 4.69) is 79.7 Å². The van der Waals surface area contributed by atoms with Crippen molar-refractivity contribution in [3.05, 3.63) is 85.5 Å². The first-order valence-corrected chi connectivity index (χ1v) is 28.2. The van der Waals surface area contributed by atoms with Crippen LogP contribution in [0.5, 0.6) is 0 Å². The highest BCUT2D eigenvalue weighted by atomic mass is 15.2. The third kappa shape index (κ3) is 18.7. The van der Waals surface area contributed by atoms with Crippen molar-refractivity contribution in [2.45, 2.75) is 293 Å². The SMILES string of the molecule is CCCCCCCCCCCCCC1=C(c2cc(CCCC)c(CCCC)c(CCCC)c2)[N+](=[N-])C(c2cc(CCCC)c(CCCC)c(CCCC)c2)=C1CCCCCCCC. The molecule has 0 bridgehead atoms. The first kappa shape index (κ1) is 54.9. The molecule has 63 heavy (non-hydrogen) atoms. The predicted molar refractivity (Wildman–Crippen MR) is 281 cm³/mol. The number of rotatable bonds is 39. The van der Waals surface area contributed by atoms with Crippen molar-refractivity contribution in [1.82, 2.24) is 0 Å². The van der Waals surface area contributed by atoms with Crippen LogP contribution in [0.3, 0.4) is 0 Å². The standard InChI is InChI=1S/C61H102N2/c1-9-17-25-27-29-30-31-32-33-35-37-45-59-58(44-36-34-28-26-18-10-2)60(54-46-50(38-19-11-3)56(42-23-15-7)51(47-54)39-20-12-4)63(62)61(59)55-48-52(40-21-13-5)57(43-24-16-8)53(49-55)41-22-14-6/h46-49H,9-45H2,1-8H3. The summed E-state index contributed by atoms with van der Waals surface area (Å²) in [7, 11) is 0. The zero-order valence-electron chi connectivity index (χ0n) is 43.4. The molecule has 0 radical (unpaired) electrons. The van der Waals surface area contributed by atoms with E-state index in [0.717, 1.165) is 49.9 Å². The maximum Gasteiger partial charge on any atom is 0.211 e. The van der Waals surface area contributed by atoms with Gasteiger partial charge in [0.2, 0.25) is 11.4 Å². The average molecular weight is 864 g/mol. The maximum atomic E-state index is 13.2. The molecule has 1 heterocycles. The van der Waals surface area contributed by atoms with E-state index in [1.165, 1.54) is 221 Å². The third-order valence-corrected chi connectivity index (χ3v) is 14.3. The zero-order valence-corrected chi connectivity index (χ0v) is 43.4. The van der Waals surface area contributed by atoms with Crippen molar-refractivity contribution in [1.29, 1.82) is 0 Å². The maximum absolute atomic E-state index is 13.2. The Balaban J connectivity index is 2.25. The largest absolute Gasteiger partial charge is 0.493 e. The second-order valence-electron chi connectivity index (χ2n) is 19.9.